The summed E-state index contributed by atoms with van der Waals surface area (Å²) in [4.78, 5) is 0. The van der Waals surface area contributed by atoms with Crippen molar-refractivity contribution in [1.29, 1.82) is 0 Å². The topological polar surface area (TPSA) is 18.5 Å². The zero-order valence-electron chi connectivity index (χ0n) is 7.60. The van der Waals surface area contributed by atoms with E-state index in [-0.39, 0.29) is 0 Å². The van der Waals surface area contributed by atoms with Gasteiger partial charge in [-0.15, -0.1) is 22.7 Å². The molecule has 2 heterocycles. The lowest BCUT2D eigenvalue weighted by Crippen LogP contribution is -2.08. The molecule has 4 heteroatoms. The predicted octanol–water partition coefficient (Wildman–Crippen LogP) is 3.78. The van der Waals surface area contributed by atoms with Gasteiger partial charge in [-0.2, -0.15) is 0 Å². The average molecular weight is 225 g/mol. The third kappa shape index (κ3) is 2.49. The van der Waals surface area contributed by atoms with E-state index in [1.807, 2.05) is 34.3 Å². The van der Waals surface area contributed by atoms with Crippen LogP contribution in [0.4, 0.5) is 0 Å². The molecule has 0 unspecified atom stereocenters. The van der Waals surface area contributed by atoms with Crippen LogP contribution in [0.2, 0.25) is 0 Å². The Morgan fingerprint density at radius 3 is 2.79 bits per heavy atom. The lowest BCUT2D eigenvalue weighted by atomic mass is 10.6. The van der Waals surface area contributed by atoms with Crippen LogP contribution in [0.3, 0.4) is 0 Å². The average Bonchev–Trinajstić information content (AvgIpc) is 2.76. The first-order valence-corrected chi connectivity index (χ1v) is 5.92. The molecule has 0 N–H and O–H groups in total. The third-order valence-corrected chi connectivity index (χ3v) is 2.90. The van der Waals surface area contributed by atoms with Crippen molar-refractivity contribution < 1.29 is 9.47 Å². The summed E-state index contributed by atoms with van der Waals surface area (Å²) in [6.07, 6.45) is 0.547. The van der Waals surface area contributed by atoms with Gasteiger partial charge in [0.05, 0.1) is 0 Å². The van der Waals surface area contributed by atoms with Crippen molar-refractivity contribution in [2.75, 3.05) is 0 Å². The number of thiophene rings is 2. The van der Waals surface area contributed by atoms with E-state index in [2.05, 4.69) is 0 Å². The molecule has 2 aromatic heterocycles. The number of rotatable bonds is 4. The molecular weight excluding hydrogens is 216 g/mol. The Bertz CT molecular complexity index is 317. The highest BCUT2D eigenvalue weighted by Gasteiger charge is 2.08. The van der Waals surface area contributed by atoms with Crippen LogP contribution in [-0.2, 0) is 0 Å². The standard InChI is InChI=1S/C10H9O2S2/c1-8(11-9-4-6-13-7-9)12-10-3-2-5-14-10/h2-7H,1H3. The van der Waals surface area contributed by atoms with Gasteiger partial charge in [0.25, 0.3) is 0 Å². The fraction of sp³-hybridized carbons (Fsp3) is 0.100. The second kappa shape index (κ2) is 4.48. The molecule has 2 aromatic rings. The van der Waals surface area contributed by atoms with Gasteiger partial charge in [0.2, 0.25) is 0 Å². The van der Waals surface area contributed by atoms with Crippen molar-refractivity contribution >= 4 is 22.7 Å². The Labute approximate surface area is 90.7 Å². The Balaban J connectivity index is 1.88. The maximum atomic E-state index is 5.45. The predicted molar refractivity (Wildman–Crippen MR) is 58.8 cm³/mol. The van der Waals surface area contributed by atoms with Crippen LogP contribution >= 0.6 is 22.7 Å². The van der Waals surface area contributed by atoms with E-state index in [0.717, 1.165) is 10.8 Å². The molecule has 0 saturated heterocycles. The third-order valence-electron chi connectivity index (χ3n) is 1.50. The summed E-state index contributed by atoms with van der Waals surface area (Å²) < 4.78 is 10.9. The second-order valence-corrected chi connectivity index (χ2v) is 4.28. The van der Waals surface area contributed by atoms with Gasteiger partial charge in [-0.05, 0) is 29.0 Å². The van der Waals surface area contributed by atoms with E-state index in [0.29, 0.717) is 6.29 Å². The monoisotopic (exact) mass is 225 g/mol. The highest BCUT2D eigenvalue weighted by molar-refractivity contribution is 7.11. The lowest BCUT2D eigenvalue weighted by molar-refractivity contribution is 0.138. The van der Waals surface area contributed by atoms with Gasteiger partial charge in [0.15, 0.2) is 5.06 Å². The molecule has 0 aliphatic rings. The van der Waals surface area contributed by atoms with Crippen molar-refractivity contribution in [3.63, 3.8) is 0 Å². The largest absolute Gasteiger partial charge is 0.445 e. The zero-order chi connectivity index (χ0) is 9.80. The zero-order valence-corrected chi connectivity index (χ0v) is 9.23. The van der Waals surface area contributed by atoms with E-state index >= 15 is 0 Å². The molecule has 0 atom stereocenters. The molecule has 1 radical (unpaired) electrons. The first kappa shape index (κ1) is 9.55. The van der Waals surface area contributed by atoms with Gasteiger partial charge in [0.1, 0.15) is 5.75 Å². The molecule has 0 saturated carbocycles. The van der Waals surface area contributed by atoms with Gasteiger partial charge >= 0.3 is 6.29 Å². The first-order valence-electron chi connectivity index (χ1n) is 4.09. The molecular formula is C10H9O2S2. The van der Waals surface area contributed by atoms with Gasteiger partial charge in [-0.25, -0.2) is 0 Å². The SMILES string of the molecule is C[C](Oc1ccsc1)Oc1cccs1. The quantitative estimate of drug-likeness (QED) is 0.788. The Hall–Kier alpha value is -1.00. The fourth-order valence-electron chi connectivity index (χ4n) is 0.960. The summed E-state index contributed by atoms with van der Waals surface area (Å²) in [5.74, 6) is 0.823. The minimum atomic E-state index is 0.547. The Kier molecular flexibility index (Phi) is 3.06. The lowest BCUT2D eigenvalue weighted by Gasteiger charge is -2.11. The smallest absolute Gasteiger partial charge is 0.327 e. The van der Waals surface area contributed by atoms with E-state index < -0.39 is 0 Å². The summed E-state index contributed by atoms with van der Waals surface area (Å²) in [5.41, 5.74) is 0. The maximum absolute atomic E-state index is 5.45. The summed E-state index contributed by atoms with van der Waals surface area (Å²) in [7, 11) is 0. The molecule has 2 rings (SSSR count). The van der Waals surface area contributed by atoms with E-state index in [4.69, 9.17) is 9.47 Å². The van der Waals surface area contributed by atoms with Crippen LogP contribution in [0, 0.1) is 6.29 Å². The van der Waals surface area contributed by atoms with Crippen molar-refractivity contribution in [2.45, 2.75) is 6.92 Å². The molecule has 0 aromatic carbocycles. The van der Waals surface area contributed by atoms with Gasteiger partial charge in [0, 0.05) is 12.3 Å². The molecule has 2 nitrogen and oxygen atoms in total. The van der Waals surface area contributed by atoms with Crippen LogP contribution in [-0.4, -0.2) is 0 Å². The van der Waals surface area contributed by atoms with Crippen molar-refractivity contribution in [1.82, 2.24) is 0 Å². The van der Waals surface area contributed by atoms with Crippen LogP contribution in [0.25, 0.3) is 0 Å². The van der Waals surface area contributed by atoms with Crippen LogP contribution < -0.4 is 9.47 Å². The molecule has 0 aliphatic carbocycles. The minimum absolute atomic E-state index is 0.547. The molecule has 73 valence electrons. The van der Waals surface area contributed by atoms with E-state index in [9.17, 15) is 0 Å². The first-order chi connectivity index (χ1) is 6.84. The van der Waals surface area contributed by atoms with Crippen molar-refractivity contribution in [3.05, 3.63) is 40.6 Å². The van der Waals surface area contributed by atoms with Crippen molar-refractivity contribution in [2.24, 2.45) is 0 Å². The van der Waals surface area contributed by atoms with Gasteiger partial charge in [-0.1, -0.05) is 0 Å². The summed E-state index contributed by atoms with van der Waals surface area (Å²) in [6.45, 7) is 1.80. The van der Waals surface area contributed by atoms with Crippen LogP contribution in [0.1, 0.15) is 6.92 Å². The molecule has 0 bridgehead atoms. The Morgan fingerprint density at radius 1 is 1.21 bits per heavy atom. The maximum Gasteiger partial charge on any atom is 0.327 e. The molecule has 0 amide bonds. The van der Waals surface area contributed by atoms with E-state index in [1.54, 1.807) is 29.6 Å². The summed E-state index contributed by atoms with van der Waals surface area (Å²) in [5, 5.41) is 6.71. The fourth-order valence-corrected chi connectivity index (χ4v) is 2.13. The number of ether oxygens (including phenoxy) is 2. The van der Waals surface area contributed by atoms with E-state index in [1.165, 1.54) is 0 Å². The van der Waals surface area contributed by atoms with Crippen molar-refractivity contribution in [3.8, 4) is 10.8 Å². The second-order valence-electron chi connectivity index (χ2n) is 2.59. The summed E-state index contributed by atoms with van der Waals surface area (Å²) in [6, 6.07) is 5.76. The number of hydrogen-bond acceptors (Lipinski definition) is 4. The highest BCUT2D eigenvalue weighted by atomic mass is 32.1. The normalized spacial score (nSPS) is 10.4. The molecule has 14 heavy (non-hydrogen) atoms. The molecule has 0 spiro atoms. The Morgan fingerprint density at radius 2 is 2.14 bits per heavy atom. The minimum Gasteiger partial charge on any atom is -0.445 e. The van der Waals surface area contributed by atoms with Gasteiger partial charge < -0.3 is 9.47 Å². The molecule has 0 fully saturated rings. The van der Waals surface area contributed by atoms with Crippen LogP contribution in [0.15, 0.2) is 34.3 Å². The van der Waals surface area contributed by atoms with Gasteiger partial charge in [-0.3, -0.25) is 0 Å². The number of hydrogen-bond donors (Lipinski definition) is 0. The highest BCUT2D eigenvalue weighted by Crippen LogP contribution is 2.24. The summed E-state index contributed by atoms with van der Waals surface area (Å²) >= 11 is 3.14. The van der Waals surface area contributed by atoms with Crippen LogP contribution in [0.5, 0.6) is 10.8 Å². The molecule has 0 aliphatic heterocycles.